The lowest BCUT2D eigenvalue weighted by Gasteiger charge is -2.26. The maximum absolute atomic E-state index is 11.9. The number of carbonyl (C=O) groups is 1. The van der Waals surface area contributed by atoms with Gasteiger partial charge in [0.05, 0.1) is 25.3 Å². The fourth-order valence-corrected chi connectivity index (χ4v) is 3.53. The van der Waals surface area contributed by atoms with Gasteiger partial charge in [0.1, 0.15) is 0 Å². The molecule has 1 aromatic rings. The Balaban J connectivity index is 1.45. The van der Waals surface area contributed by atoms with Crippen molar-refractivity contribution in [1.82, 2.24) is 10.4 Å². The van der Waals surface area contributed by atoms with E-state index < -0.39 is 0 Å². The van der Waals surface area contributed by atoms with Crippen LogP contribution in [0.25, 0.3) is 0 Å². The summed E-state index contributed by atoms with van der Waals surface area (Å²) in [5, 5.41) is 6.99. The van der Waals surface area contributed by atoms with Crippen molar-refractivity contribution in [3.8, 4) is 0 Å². The normalized spacial score (nSPS) is 21.7. The van der Waals surface area contributed by atoms with Gasteiger partial charge in [0.25, 0.3) is 0 Å². The maximum atomic E-state index is 11.9. The number of thiazole rings is 1. The van der Waals surface area contributed by atoms with E-state index in [2.05, 4.69) is 32.6 Å². The first kappa shape index (κ1) is 16.1. The Morgan fingerprint density at radius 3 is 3.13 bits per heavy atom. The highest BCUT2D eigenvalue weighted by Gasteiger charge is 2.15. The molecule has 1 amide bonds. The van der Waals surface area contributed by atoms with E-state index in [1.54, 1.807) is 11.3 Å². The van der Waals surface area contributed by atoms with Crippen LogP contribution in [-0.2, 0) is 16.0 Å². The summed E-state index contributed by atoms with van der Waals surface area (Å²) in [5.41, 5.74) is 3.40. The van der Waals surface area contributed by atoms with E-state index in [9.17, 15) is 4.79 Å². The predicted octanol–water partition coefficient (Wildman–Crippen LogP) is 1.98. The van der Waals surface area contributed by atoms with Gasteiger partial charge in [-0.2, -0.15) is 5.10 Å². The molecule has 7 heteroatoms. The number of nitrogens with zero attached hydrogens (tertiary/aromatic N) is 3. The molecule has 6 nitrogen and oxygen atoms in total. The smallest absolute Gasteiger partial charge is 0.246 e. The second-order valence-electron chi connectivity index (χ2n) is 5.76. The molecule has 124 valence electrons. The van der Waals surface area contributed by atoms with Crippen LogP contribution in [0.3, 0.4) is 0 Å². The number of hydrazone groups is 1. The number of anilines is 1. The molecule has 3 rings (SSSR count). The van der Waals surface area contributed by atoms with E-state index >= 15 is 0 Å². The monoisotopic (exact) mass is 334 g/mol. The molecule has 1 aliphatic heterocycles. The number of amides is 1. The van der Waals surface area contributed by atoms with Crippen LogP contribution < -0.4 is 10.3 Å². The van der Waals surface area contributed by atoms with E-state index in [1.807, 2.05) is 11.6 Å². The van der Waals surface area contributed by atoms with Crippen LogP contribution >= 0.6 is 11.3 Å². The van der Waals surface area contributed by atoms with Gasteiger partial charge in [-0.15, -0.1) is 11.3 Å². The van der Waals surface area contributed by atoms with Gasteiger partial charge in [0.15, 0.2) is 5.13 Å². The van der Waals surface area contributed by atoms with Gasteiger partial charge in [0.2, 0.25) is 5.91 Å². The highest BCUT2D eigenvalue weighted by molar-refractivity contribution is 7.13. The number of hydrogen-bond acceptors (Lipinski definition) is 6. The molecule has 0 saturated carbocycles. The lowest BCUT2D eigenvalue weighted by Crippen LogP contribution is -2.36. The van der Waals surface area contributed by atoms with Crippen LogP contribution in [0.2, 0.25) is 0 Å². The molecule has 2 heterocycles. The third-order valence-electron chi connectivity index (χ3n) is 3.95. The standard InChI is InChI=1S/C16H22N4O2S/c21-15(19-17-11-13-4-2-1-3-5-13)10-14-12-23-16(18-14)20-6-8-22-9-7-20/h1-2,11-13H,3-10H2,(H,19,21)/b17-11-/t13-/m0/s1. The molecule has 0 bridgehead atoms. The Morgan fingerprint density at radius 1 is 1.48 bits per heavy atom. The number of morpholine rings is 1. The van der Waals surface area contributed by atoms with Gasteiger partial charge in [-0.1, -0.05) is 12.2 Å². The number of aromatic nitrogens is 1. The zero-order valence-corrected chi connectivity index (χ0v) is 13.9. The topological polar surface area (TPSA) is 66.8 Å². The molecule has 1 aromatic heterocycles. The zero-order chi connectivity index (χ0) is 15.9. The quantitative estimate of drug-likeness (QED) is 0.508. The number of ether oxygens (including phenoxy) is 1. The molecule has 0 aromatic carbocycles. The van der Waals surface area contributed by atoms with Gasteiger partial charge in [0, 0.05) is 24.7 Å². The Labute approximate surface area is 140 Å². The first-order valence-electron chi connectivity index (χ1n) is 8.05. The predicted molar refractivity (Wildman–Crippen MR) is 92.0 cm³/mol. The molecule has 2 aliphatic rings. The number of nitrogens with one attached hydrogen (secondary N) is 1. The number of rotatable bonds is 5. The van der Waals surface area contributed by atoms with Gasteiger partial charge >= 0.3 is 0 Å². The van der Waals surface area contributed by atoms with Crippen molar-refractivity contribution in [3.05, 3.63) is 23.2 Å². The zero-order valence-electron chi connectivity index (χ0n) is 13.1. The summed E-state index contributed by atoms with van der Waals surface area (Å²) < 4.78 is 5.34. The van der Waals surface area contributed by atoms with Crippen LogP contribution in [0.5, 0.6) is 0 Å². The SMILES string of the molecule is O=C(Cc1csc(N2CCOCC2)n1)N/N=C\[C@H]1CC=CCC1. The van der Waals surface area contributed by atoms with Crippen molar-refractivity contribution in [2.75, 3.05) is 31.2 Å². The highest BCUT2D eigenvalue weighted by atomic mass is 32.1. The van der Waals surface area contributed by atoms with Crippen molar-refractivity contribution in [2.45, 2.75) is 25.7 Å². The molecule has 0 radical (unpaired) electrons. The van der Waals surface area contributed by atoms with Gasteiger partial charge in [-0.05, 0) is 25.2 Å². The molecular formula is C16H22N4O2S. The van der Waals surface area contributed by atoms with Crippen LogP contribution in [-0.4, -0.2) is 43.4 Å². The fourth-order valence-electron chi connectivity index (χ4n) is 2.65. The van der Waals surface area contributed by atoms with Crippen molar-refractivity contribution in [2.24, 2.45) is 11.0 Å². The first-order valence-corrected chi connectivity index (χ1v) is 8.93. The average molecular weight is 334 g/mol. The fraction of sp³-hybridized carbons (Fsp3) is 0.562. The van der Waals surface area contributed by atoms with Crippen molar-refractivity contribution in [3.63, 3.8) is 0 Å². The molecule has 1 N–H and O–H groups in total. The second-order valence-corrected chi connectivity index (χ2v) is 6.59. The lowest BCUT2D eigenvalue weighted by atomic mass is 9.96. The molecule has 23 heavy (non-hydrogen) atoms. The Hall–Kier alpha value is -1.73. The van der Waals surface area contributed by atoms with Crippen molar-refractivity contribution in [1.29, 1.82) is 0 Å². The molecule has 1 atom stereocenters. The molecule has 0 unspecified atom stereocenters. The van der Waals surface area contributed by atoms with Gasteiger partial charge in [-0.3, -0.25) is 4.79 Å². The molecular weight excluding hydrogens is 312 g/mol. The molecule has 0 spiro atoms. The van der Waals surface area contributed by atoms with Gasteiger partial charge < -0.3 is 9.64 Å². The summed E-state index contributed by atoms with van der Waals surface area (Å²) in [6.07, 6.45) is 9.68. The average Bonchev–Trinajstić information content (AvgIpc) is 3.05. The Morgan fingerprint density at radius 2 is 2.35 bits per heavy atom. The number of allylic oxidation sites excluding steroid dienone is 2. The third kappa shape index (κ3) is 4.87. The summed E-state index contributed by atoms with van der Waals surface area (Å²) in [6, 6.07) is 0. The Bertz CT molecular complexity index is 578. The molecule has 1 saturated heterocycles. The largest absolute Gasteiger partial charge is 0.378 e. The molecule has 1 aliphatic carbocycles. The van der Waals surface area contributed by atoms with E-state index in [4.69, 9.17) is 4.74 Å². The van der Waals surface area contributed by atoms with Crippen molar-refractivity contribution < 1.29 is 9.53 Å². The summed E-state index contributed by atoms with van der Waals surface area (Å²) >= 11 is 1.58. The summed E-state index contributed by atoms with van der Waals surface area (Å²) in [6.45, 7) is 3.19. The van der Waals surface area contributed by atoms with E-state index in [1.165, 1.54) is 0 Å². The minimum Gasteiger partial charge on any atom is -0.378 e. The number of carbonyl (C=O) groups excluding carboxylic acids is 1. The Kier molecular flexibility index (Phi) is 5.76. The minimum absolute atomic E-state index is 0.119. The summed E-state index contributed by atoms with van der Waals surface area (Å²) in [4.78, 5) is 18.7. The van der Waals surface area contributed by atoms with E-state index in [0.29, 0.717) is 5.92 Å². The van der Waals surface area contributed by atoms with Gasteiger partial charge in [-0.25, -0.2) is 10.4 Å². The third-order valence-corrected chi connectivity index (χ3v) is 4.90. The second kappa shape index (κ2) is 8.21. The van der Waals surface area contributed by atoms with E-state index in [0.717, 1.165) is 56.4 Å². The van der Waals surface area contributed by atoms with Crippen LogP contribution in [0.15, 0.2) is 22.6 Å². The minimum atomic E-state index is -0.119. The van der Waals surface area contributed by atoms with Crippen LogP contribution in [0, 0.1) is 5.92 Å². The summed E-state index contributed by atoms with van der Waals surface area (Å²) in [5.74, 6) is 0.318. The van der Waals surface area contributed by atoms with E-state index in [-0.39, 0.29) is 12.3 Å². The van der Waals surface area contributed by atoms with Crippen LogP contribution in [0.1, 0.15) is 25.0 Å². The van der Waals surface area contributed by atoms with Crippen molar-refractivity contribution >= 4 is 28.6 Å². The lowest BCUT2D eigenvalue weighted by molar-refractivity contribution is -0.120. The van der Waals surface area contributed by atoms with Crippen LogP contribution in [0.4, 0.5) is 5.13 Å². The molecule has 1 fully saturated rings. The first-order chi connectivity index (χ1) is 11.3. The number of hydrogen-bond donors (Lipinski definition) is 1. The highest BCUT2D eigenvalue weighted by Crippen LogP contribution is 2.21. The maximum Gasteiger partial charge on any atom is 0.246 e. The summed E-state index contributed by atoms with van der Waals surface area (Å²) in [7, 11) is 0.